The number of anilines is 3. The number of esters is 1. The van der Waals surface area contributed by atoms with Crippen molar-refractivity contribution >= 4 is 46.7 Å². The molecule has 176 valence electrons. The summed E-state index contributed by atoms with van der Waals surface area (Å²) in [6.07, 6.45) is 6.59. The second-order valence-corrected chi connectivity index (χ2v) is 8.81. The van der Waals surface area contributed by atoms with Crippen molar-refractivity contribution in [2.45, 2.75) is 51.1 Å². The van der Waals surface area contributed by atoms with Crippen LogP contribution in [-0.4, -0.2) is 40.1 Å². The first kappa shape index (κ1) is 24.5. The third kappa shape index (κ3) is 6.92. The lowest BCUT2D eigenvalue weighted by atomic mass is 9.88. The van der Waals surface area contributed by atoms with Gasteiger partial charge in [-0.1, -0.05) is 31.0 Å². The lowest BCUT2D eigenvalue weighted by Crippen LogP contribution is -2.25. The zero-order valence-electron chi connectivity index (χ0n) is 18.8. The highest BCUT2D eigenvalue weighted by molar-refractivity contribution is 7.99. The second-order valence-electron chi connectivity index (χ2n) is 7.86. The van der Waals surface area contributed by atoms with E-state index in [9.17, 15) is 14.4 Å². The summed E-state index contributed by atoms with van der Waals surface area (Å²) in [6, 6.07) is 5.38. The van der Waals surface area contributed by atoms with Gasteiger partial charge in [-0.05, 0) is 50.5 Å². The van der Waals surface area contributed by atoms with E-state index in [1.54, 1.807) is 19.1 Å². The zero-order chi connectivity index (χ0) is 23.8. The van der Waals surface area contributed by atoms with Gasteiger partial charge >= 0.3 is 5.97 Å². The van der Waals surface area contributed by atoms with Gasteiger partial charge in [-0.3, -0.25) is 9.59 Å². The summed E-state index contributed by atoms with van der Waals surface area (Å²) in [6.45, 7) is 3.81. The van der Waals surface area contributed by atoms with Crippen LogP contribution < -0.4 is 16.4 Å². The molecular weight excluding hydrogens is 442 g/mol. The van der Waals surface area contributed by atoms with Crippen LogP contribution in [0.3, 0.4) is 0 Å². The van der Waals surface area contributed by atoms with Crippen LogP contribution in [-0.2, 0) is 14.3 Å². The molecule has 1 aliphatic rings. The molecular formula is C23H29N5O4S. The zero-order valence-corrected chi connectivity index (χ0v) is 19.7. The number of nitrogens with zero attached hydrogens (tertiary/aromatic N) is 2. The van der Waals surface area contributed by atoms with Crippen molar-refractivity contribution in [3.63, 3.8) is 0 Å². The number of carbonyl (C=O) groups excluding carboxylic acids is 3. The van der Waals surface area contributed by atoms with Gasteiger partial charge in [0.15, 0.2) is 5.16 Å². The maximum atomic E-state index is 12.5. The fourth-order valence-electron chi connectivity index (χ4n) is 3.62. The molecule has 2 amide bonds. The molecule has 0 radical (unpaired) electrons. The number of rotatable bonds is 8. The minimum Gasteiger partial charge on any atom is -0.462 e. The van der Waals surface area contributed by atoms with Crippen LogP contribution in [0.15, 0.2) is 29.6 Å². The molecule has 9 nitrogen and oxygen atoms in total. The van der Waals surface area contributed by atoms with E-state index < -0.39 is 5.97 Å². The highest BCUT2D eigenvalue weighted by Crippen LogP contribution is 2.27. The number of hydrogen-bond donors (Lipinski definition) is 3. The van der Waals surface area contributed by atoms with E-state index in [0.717, 1.165) is 48.7 Å². The Morgan fingerprint density at radius 2 is 1.94 bits per heavy atom. The fourth-order valence-corrected chi connectivity index (χ4v) is 4.24. The van der Waals surface area contributed by atoms with Crippen molar-refractivity contribution < 1.29 is 19.1 Å². The van der Waals surface area contributed by atoms with Crippen LogP contribution >= 0.6 is 11.8 Å². The molecule has 4 N–H and O–H groups in total. The molecule has 1 fully saturated rings. The van der Waals surface area contributed by atoms with Crippen LogP contribution in [0.1, 0.15) is 54.9 Å². The van der Waals surface area contributed by atoms with Gasteiger partial charge in [0.05, 0.1) is 12.4 Å². The molecule has 1 saturated carbocycles. The number of amides is 2. The first-order valence-electron chi connectivity index (χ1n) is 11.0. The molecule has 0 atom stereocenters. The third-order valence-corrected chi connectivity index (χ3v) is 6.23. The molecule has 1 aliphatic carbocycles. The van der Waals surface area contributed by atoms with E-state index in [2.05, 4.69) is 20.6 Å². The van der Waals surface area contributed by atoms with E-state index >= 15 is 0 Å². The van der Waals surface area contributed by atoms with E-state index in [-0.39, 0.29) is 46.6 Å². The molecule has 0 saturated heterocycles. The molecule has 33 heavy (non-hydrogen) atoms. The smallest absolute Gasteiger partial charge is 0.343 e. The number of benzene rings is 1. The standard InChI is InChI=1S/C23H29N5O4S/c1-3-32-22(31)17-12-25-23(28-20(17)24)33-13-19(29)26-16-9-10-18(14(2)11-16)27-21(30)15-7-5-4-6-8-15/h9-12,15H,3-8,13H2,1-2H3,(H,26,29)(H,27,30)(H2,24,25,28). The summed E-state index contributed by atoms with van der Waals surface area (Å²) in [5.74, 6) is -0.602. The number of carbonyl (C=O) groups is 3. The lowest BCUT2D eigenvalue weighted by molar-refractivity contribution is -0.120. The Balaban J connectivity index is 1.52. The quantitative estimate of drug-likeness (QED) is 0.300. The van der Waals surface area contributed by atoms with Crippen molar-refractivity contribution in [1.82, 2.24) is 9.97 Å². The van der Waals surface area contributed by atoms with Crippen LogP contribution in [0.25, 0.3) is 0 Å². The van der Waals surface area contributed by atoms with Crippen LogP contribution in [0.5, 0.6) is 0 Å². The average molecular weight is 472 g/mol. The van der Waals surface area contributed by atoms with Crippen LogP contribution in [0.2, 0.25) is 0 Å². The summed E-state index contributed by atoms with van der Waals surface area (Å²) in [5.41, 5.74) is 8.15. The predicted molar refractivity (Wildman–Crippen MR) is 128 cm³/mol. The van der Waals surface area contributed by atoms with E-state index in [0.29, 0.717) is 5.69 Å². The number of nitrogens with two attached hydrogens (primary N) is 1. The average Bonchev–Trinajstić information content (AvgIpc) is 2.80. The van der Waals surface area contributed by atoms with Gasteiger partial charge in [-0.25, -0.2) is 14.8 Å². The summed E-state index contributed by atoms with van der Waals surface area (Å²) >= 11 is 1.10. The number of nitrogen functional groups attached to an aromatic ring is 1. The first-order valence-corrected chi connectivity index (χ1v) is 12.0. The number of ether oxygens (including phenoxy) is 1. The van der Waals surface area contributed by atoms with Gasteiger partial charge in [-0.2, -0.15) is 0 Å². The SMILES string of the molecule is CCOC(=O)c1cnc(SCC(=O)Nc2ccc(NC(=O)C3CCCCC3)c(C)c2)nc1N. The molecule has 1 aromatic carbocycles. The Morgan fingerprint density at radius 1 is 1.18 bits per heavy atom. The van der Waals surface area contributed by atoms with Gasteiger partial charge in [0, 0.05) is 23.5 Å². The van der Waals surface area contributed by atoms with Crippen molar-refractivity contribution in [1.29, 1.82) is 0 Å². The van der Waals surface area contributed by atoms with E-state index in [4.69, 9.17) is 10.5 Å². The Kier molecular flexibility index (Phi) is 8.65. The first-order chi connectivity index (χ1) is 15.9. The maximum absolute atomic E-state index is 12.5. The topological polar surface area (TPSA) is 136 Å². The molecule has 10 heteroatoms. The highest BCUT2D eigenvalue weighted by atomic mass is 32.2. The van der Waals surface area contributed by atoms with Crippen molar-refractivity contribution in [3.8, 4) is 0 Å². The number of aromatic nitrogens is 2. The minimum absolute atomic E-state index is 0.00726. The molecule has 0 bridgehead atoms. The Morgan fingerprint density at radius 3 is 2.61 bits per heavy atom. The summed E-state index contributed by atoms with van der Waals surface area (Å²) < 4.78 is 4.89. The maximum Gasteiger partial charge on any atom is 0.343 e. The van der Waals surface area contributed by atoms with E-state index in [1.807, 2.05) is 13.0 Å². The van der Waals surface area contributed by atoms with Gasteiger partial charge in [0.25, 0.3) is 0 Å². The third-order valence-electron chi connectivity index (χ3n) is 5.37. The Labute approximate surface area is 197 Å². The monoisotopic (exact) mass is 471 g/mol. The minimum atomic E-state index is -0.585. The van der Waals surface area contributed by atoms with Crippen molar-refractivity contribution in [3.05, 3.63) is 35.5 Å². The Hall–Kier alpha value is -3.14. The summed E-state index contributed by atoms with van der Waals surface area (Å²) in [4.78, 5) is 44.7. The fraction of sp³-hybridized carbons (Fsp3) is 0.435. The molecule has 3 rings (SSSR count). The summed E-state index contributed by atoms with van der Waals surface area (Å²) in [5, 5.41) is 6.13. The van der Waals surface area contributed by atoms with Gasteiger partial charge in [-0.15, -0.1) is 0 Å². The predicted octanol–water partition coefficient (Wildman–Crippen LogP) is 3.79. The van der Waals surface area contributed by atoms with Crippen LogP contribution in [0.4, 0.5) is 17.2 Å². The number of nitrogens with one attached hydrogen (secondary N) is 2. The number of thioether (sulfide) groups is 1. The van der Waals surface area contributed by atoms with Crippen molar-refractivity contribution in [2.24, 2.45) is 5.92 Å². The molecule has 0 spiro atoms. The number of hydrogen-bond acceptors (Lipinski definition) is 8. The second kappa shape index (κ2) is 11.6. The lowest BCUT2D eigenvalue weighted by Gasteiger charge is -2.21. The number of aryl methyl sites for hydroxylation is 1. The summed E-state index contributed by atoms with van der Waals surface area (Å²) in [7, 11) is 0. The Bertz CT molecular complexity index is 1020. The largest absolute Gasteiger partial charge is 0.462 e. The molecule has 2 aromatic rings. The normalized spacial score (nSPS) is 13.9. The van der Waals surface area contributed by atoms with Gasteiger partial charge in [0.2, 0.25) is 11.8 Å². The van der Waals surface area contributed by atoms with Gasteiger partial charge < -0.3 is 21.1 Å². The molecule has 0 unspecified atom stereocenters. The molecule has 1 heterocycles. The van der Waals surface area contributed by atoms with Crippen LogP contribution in [0, 0.1) is 12.8 Å². The van der Waals surface area contributed by atoms with Gasteiger partial charge in [0.1, 0.15) is 11.4 Å². The van der Waals surface area contributed by atoms with E-state index in [1.165, 1.54) is 12.6 Å². The highest BCUT2D eigenvalue weighted by Gasteiger charge is 2.21. The molecule has 0 aliphatic heterocycles. The van der Waals surface area contributed by atoms with Crippen molar-refractivity contribution in [2.75, 3.05) is 28.7 Å². The molecule has 1 aromatic heterocycles.